The molecule has 1 saturated carbocycles. The maximum atomic E-state index is 3.98. The summed E-state index contributed by atoms with van der Waals surface area (Å²) in [5.74, 6) is 1.58. The number of halogens is 1. The Morgan fingerprint density at radius 1 is 1.00 bits per heavy atom. The van der Waals surface area contributed by atoms with Crippen LogP contribution in [-0.4, -0.2) is 4.83 Å². The standard InChI is InChI=1S/C20H25Br/c1-14-8-11-18(19(21)12-14)20(2,3)17-10-9-15-6-4-5-7-16(15)13-17/h4-7,9-10,13-14,18-19H,8,11-12H2,1-3H3. The van der Waals surface area contributed by atoms with E-state index >= 15 is 0 Å². The third-order valence-electron chi connectivity index (χ3n) is 5.46. The van der Waals surface area contributed by atoms with Gasteiger partial charge in [0, 0.05) is 4.83 Å². The van der Waals surface area contributed by atoms with Crippen molar-refractivity contribution >= 4 is 26.7 Å². The van der Waals surface area contributed by atoms with E-state index in [-0.39, 0.29) is 5.41 Å². The number of alkyl halides is 1. The highest BCUT2D eigenvalue weighted by Gasteiger charge is 2.38. The van der Waals surface area contributed by atoms with Crippen molar-refractivity contribution in [1.82, 2.24) is 0 Å². The Kier molecular flexibility index (Phi) is 4.14. The van der Waals surface area contributed by atoms with E-state index in [9.17, 15) is 0 Å². The summed E-state index contributed by atoms with van der Waals surface area (Å²) in [6.45, 7) is 7.23. The number of benzene rings is 2. The van der Waals surface area contributed by atoms with E-state index in [1.54, 1.807) is 0 Å². The predicted molar refractivity (Wildman–Crippen MR) is 96.2 cm³/mol. The van der Waals surface area contributed by atoms with Gasteiger partial charge in [-0.1, -0.05) is 85.6 Å². The van der Waals surface area contributed by atoms with E-state index in [0.717, 1.165) is 11.8 Å². The summed E-state index contributed by atoms with van der Waals surface area (Å²) < 4.78 is 0. The Morgan fingerprint density at radius 2 is 1.71 bits per heavy atom. The minimum absolute atomic E-state index is 0.221. The van der Waals surface area contributed by atoms with Gasteiger partial charge >= 0.3 is 0 Å². The fraction of sp³-hybridized carbons (Fsp3) is 0.500. The quantitative estimate of drug-likeness (QED) is 0.559. The zero-order valence-electron chi connectivity index (χ0n) is 13.3. The van der Waals surface area contributed by atoms with Gasteiger partial charge in [0.05, 0.1) is 0 Å². The molecular formula is C20H25Br. The molecule has 1 fully saturated rings. The van der Waals surface area contributed by atoms with Gasteiger partial charge in [-0.05, 0) is 46.4 Å². The fourth-order valence-electron chi connectivity index (χ4n) is 3.93. The first-order valence-corrected chi connectivity index (χ1v) is 9.03. The lowest BCUT2D eigenvalue weighted by molar-refractivity contribution is 0.214. The molecule has 0 bridgehead atoms. The van der Waals surface area contributed by atoms with Gasteiger partial charge in [0.15, 0.2) is 0 Å². The monoisotopic (exact) mass is 344 g/mol. The van der Waals surface area contributed by atoms with Crippen LogP contribution < -0.4 is 0 Å². The van der Waals surface area contributed by atoms with E-state index in [1.807, 2.05) is 0 Å². The molecule has 0 aromatic heterocycles. The average Bonchev–Trinajstić information content (AvgIpc) is 2.46. The molecule has 2 aromatic carbocycles. The molecular weight excluding hydrogens is 320 g/mol. The van der Waals surface area contributed by atoms with Gasteiger partial charge in [0.2, 0.25) is 0 Å². The van der Waals surface area contributed by atoms with Crippen molar-refractivity contribution in [3.05, 3.63) is 48.0 Å². The van der Waals surface area contributed by atoms with E-state index in [1.165, 1.54) is 35.6 Å². The zero-order chi connectivity index (χ0) is 15.0. The van der Waals surface area contributed by atoms with E-state index in [4.69, 9.17) is 0 Å². The van der Waals surface area contributed by atoms with Crippen molar-refractivity contribution in [2.24, 2.45) is 11.8 Å². The summed E-state index contributed by atoms with van der Waals surface area (Å²) in [6, 6.07) is 15.7. The maximum Gasteiger partial charge on any atom is 0.0184 e. The summed E-state index contributed by atoms with van der Waals surface area (Å²) in [4.78, 5) is 0.641. The predicted octanol–water partition coefficient (Wildman–Crippen LogP) is 6.32. The normalized spacial score (nSPS) is 27.0. The first-order chi connectivity index (χ1) is 9.98. The van der Waals surface area contributed by atoms with Gasteiger partial charge in [0.25, 0.3) is 0 Å². The van der Waals surface area contributed by atoms with Crippen molar-refractivity contribution in [3.8, 4) is 0 Å². The molecule has 21 heavy (non-hydrogen) atoms. The maximum absolute atomic E-state index is 3.98. The number of hydrogen-bond acceptors (Lipinski definition) is 0. The first kappa shape index (κ1) is 15.1. The van der Waals surface area contributed by atoms with Crippen molar-refractivity contribution in [2.75, 3.05) is 0 Å². The van der Waals surface area contributed by atoms with Crippen molar-refractivity contribution in [1.29, 1.82) is 0 Å². The molecule has 3 atom stereocenters. The van der Waals surface area contributed by atoms with Crippen LogP contribution in [0.4, 0.5) is 0 Å². The van der Waals surface area contributed by atoms with Crippen LogP contribution in [0.3, 0.4) is 0 Å². The molecule has 0 N–H and O–H groups in total. The molecule has 1 aliphatic rings. The Balaban J connectivity index is 1.95. The van der Waals surface area contributed by atoms with Gasteiger partial charge in [-0.3, -0.25) is 0 Å². The van der Waals surface area contributed by atoms with E-state index in [0.29, 0.717) is 4.83 Å². The van der Waals surface area contributed by atoms with Crippen molar-refractivity contribution < 1.29 is 0 Å². The van der Waals surface area contributed by atoms with E-state index in [2.05, 4.69) is 79.2 Å². The lowest BCUT2D eigenvalue weighted by Crippen LogP contribution is -2.38. The van der Waals surface area contributed by atoms with Crippen LogP contribution in [0.5, 0.6) is 0 Å². The Hall–Kier alpha value is -0.820. The minimum Gasteiger partial charge on any atom is -0.0887 e. The number of fused-ring (bicyclic) bond motifs is 1. The SMILES string of the molecule is CC1CCC(C(C)(C)c2ccc3ccccc3c2)C(Br)C1. The number of rotatable bonds is 2. The lowest BCUT2D eigenvalue weighted by Gasteiger charge is -2.42. The molecule has 0 spiro atoms. The van der Waals surface area contributed by atoms with Gasteiger partial charge in [-0.15, -0.1) is 0 Å². The minimum atomic E-state index is 0.221. The van der Waals surface area contributed by atoms with Crippen LogP contribution >= 0.6 is 15.9 Å². The molecule has 112 valence electrons. The smallest absolute Gasteiger partial charge is 0.0184 e. The second-order valence-corrected chi connectivity index (χ2v) is 8.50. The zero-order valence-corrected chi connectivity index (χ0v) is 14.9. The van der Waals surface area contributed by atoms with Crippen molar-refractivity contribution in [3.63, 3.8) is 0 Å². The van der Waals surface area contributed by atoms with Gasteiger partial charge in [-0.25, -0.2) is 0 Å². The summed E-state index contributed by atoms with van der Waals surface area (Å²) in [6.07, 6.45) is 4.00. The molecule has 0 heterocycles. The highest BCUT2D eigenvalue weighted by Crippen LogP contribution is 2.45. The van der Waals surface area contributed by atoms with E-state index < -0.39 is 0 Å². The number of hydrogen-bond donors (Lipinski definition) is 0. The molecule has 1 aliphatic carbocycles. The molecule has 1 heteroatoms. The Morgan fingerprint density at radius 3 is 2.43 bits per heavy atom. The molecule has 0 saturated heterocycles. The van der Waals surface area contributed by atoms with Crippen LogP contribution in [0.25, 0.3) is 10.8 Å². The summed E-state index contributed by atoms with van der Waals surface area (Å²) >= 11 is 3.98. The molecule has 0 nitrogen and oxygen atoms in total. The van der Waals surface area contributed by atoms with Crippen LogP contribution in [-0.2, 0) is 5.41 Å². The topological polar surface area (TPSA) is 0 Å². The van der Waals surface area contributed by atoms with Crippen LogP contribution in [0.15, 0.2) is 42.5 Å². The first-order valence-electron chi connectivity index (χ1n) is 8.12. The molecule has 0 amide bonds. The second kappa shape index (κ2) is 5.76. The summed E-state index contributed by atoms with van der Waals surface area (Å²) in [7, 11) is 0. The van der Waals surface area contributed by atoms with Crippen LogP contribution in [0.1, 0.15) is 45.6 Å². The molecule has 2 aromatic rings. The summed E-state index contributed by atoms with van der Waals surface area (Å²) in [5, 5.41) is 2.70. The van der Waals surface area contributed by atoms with Gasteiger partial charge < -0.3 is 0 Å². The highest BCUT2D eigenvalue weighted by molar-refractivity contribution is 9.09. The largest absolute Gasteiger partial charge is 0.0887 e. The lowest BCUT2D eigenvalue weighted by atomic mass is 9.66. The molecule has 3 rings (SSSR count). The van der Waals surface area contributed by atoms with Crippen molar-refractivity contribution in [2.45, 2.75) is 50.3 Å². The third kappa shape index (κ3) is 2.90. The Bertz CT molecular complexity index is 629. The fourth-order valence-corrected chi connectivity index (χ4v) is 5.49. The van der Waals surface area contributed by atoms with Crippen LogP contribution in [0, 0.1) is 11.8 Å². The third-order valence-corrected chi connectivity index (χ3v) is 6.47. The van der Waals surface area contributed by atoms with Gasteiger partial charge in [0.1, 0.15) is 0 Å². The van der Waals surface area contributed by atoms with Crippen LogP contribution in [0.2, 0.25) is 0 Å². The molecule has 3 unspecified atom stereocenters. The summed E-state index contributed by atoms with van der Waals surface area (Å²) in [5.41, 5.74) is 1.70. The molecule has 0 radical (unpaired) electrons. The molecule has 0 aliphatic heterocycles. The van der Waals surface area contributed by atoms with Gasteiger partial charge in [-0.2, -0.15) is 0 Å². The average molecular weight is 345 g/mol. The Labute approximate surface area is 137 Å². The second-order valence-electron chi connectivity index (χ2n) is 7.32. The highest BCUT2D eigenvalue weighted by atomic mass is 79.9.